The molecule has 28 heavy (non-hydrogen) atoms. The molecule has 2 heterocycles. The fourth-order valence-corrected chi connectivity index (χ4v) is 6.05. The zero-order chi connectivity index (χ0) is 20.5. The van der Waals surface area contributed by atoms with Crippen molar-refractivity contribution in [3.63, 3.8) is 0 Å². The molecule has 0 aliphatic carbocycles. The molecule has 0 bridgehead atoms. The van der Waals surface area contributed by atoms with Gasteiger partial charge in [0.15, 0.2) is 0 Å². The Bertz CT molecular complexity index is 967. The summed E-state index contributed by atoms with van der Waals surface area (Å²) in [6.07, 6.45) is 0. The van der Waals surface area contributed by atoms with Gasteiger partial charge in [0.2, 0.25) is 5.91 Å². The number of carbonyl (C=O) groups excluding carboxylic acids is 1. The maximum atomic E-state index is 12.6. The van der Waals surface area contributed by atoms with Gasteiger partial charge in [-0.05, 0) is 43.2 Å². The SMILES string of the molecule is Cc1cccc(N2CCN(C(=O)CN(C)S(=O)(=O)c3ccc(Cl)s3)CC2)c1C. The van der Waals surface area contributed by atoms with E-state index >= 15 is 0 Å². The lowest BCUT2D eigenvalue weighted by Crippen LogP contribution is -2.51. The highest BCUT2D eigenvalue weighted by Gasteiger charge is 2.28. The predicted octanol–water partition coefficient (Wildman–Crippen LogP) is 2.99. The Balaban J connectivity index is 1.60. The number of likely N-dealkylation sites (N-methyl/N-ethyl adjacent to an activating group) is 1. The number of benzene rings is 1. The molecule has 0 unspecified atom stereocenters. The predicted molar refractivity (Wildman–Crippen MR) is 114 cm³/mol. The van der Waals surface area contributed by atoms with Crippen LogP contribution in [0.25, 0.3) is 0 Å². The van der Waals surface area contributed by atoms with E-state index in [9.17, 15) is 13.2 Å². The minimum atomic E-state index is -3.71. The molecule has 1 aliphatic heterocycles. The first-order chi connectivity index (χ1) is 13.2. The van der Waals surface area contributed by atoms with Crippen LogP contribution in [-0.2, 0) is 14.8 Å². The molecule has 0 spiro atoms. The maximum Gasteiger partial charge on any atom is 0.252 e. The number of amides is 1. The van der Waals surface area contributed by atoms with Gasteiger partial charge in [0.05, 0.1) is 10.9 Å². The van der Waals surface area contributed by atoms with Gasteiger partial charge in [-0.25, -0.2) is 8.42 Å². The maximum absolute atomic E-state index is 12.6. The van der Waals surface area contributed by atoms with Crippen molar-refractivity contribution >= 4 is 44.6 Å². The second-order valence-corrected chi connectivity index (χ2v) is 10.9. The first-order valence-corrected chi connectivity index (χ1v) is 11.6. The molecule has 0 N–H and O–H groups in total. The quantitative estimate of drug-likeness (QED) is 0.715. The van der Waals surface area contributed by atoms with Crippen LogP contribution >= 0.6 is 22.9 Å². The van der Waals surface area contributed by atoms with E-state index in [4.69, 9.17) is 11.6 Å². The highest BCUT2D eigenvalue weighted by Crippen LogP contribution is 2.28. The Morgan fingerprint density at radius 1 is 1.14 bits per heavy atom. The van der Waals surface area contributed by atoms with Gasteiger partial charge in [-0.1, -0.05) is 23.7 Å². The normalized spacial score (nSPS) is 15.3. The number of anilines is 1. The van der Waals surface area contributed by atoms with Crippen LogP contribution in [0.5, 0.6) is 0 Å². The molecule has 9 heteroatoms. The Morgan fingerprint density at radius 3 is 2.43 bits per heavy atom. The number of carbonyl (C=O) groups is 1. The van der Waals surface area contributed by atoms with Crippen molar-refractivity contribution in [2.45, 2.75) is 18.1 Å². The average molecular weight is 442 g/mol. The number of thiophene rings is 1. The van der Waals surface area contributed by atoms with E-state index in [-0.39, 0.29) is 16.7 Å². The molecule has 6 nitrogen and oxygen atoms in total. The van der Waals surface area contributed by atoms with E-state index in [1.165, 1.54) is 29.9 Å². The van der Waals surface area contributed by atoms with Crippen molar-refractivity contribution in [2.75, 3.05) is 44.7 Å². The number of nitrogens with zero attached hydrogens (tertiary/aromatic N) is 3. The van der Waals surface area contributed by atoms with Gasteiger partial charge in [0, 0.05) is 38.9 Å². The number of halogens is 1. The van der Waals surface area contributed by atoms with E-state index < -0.39 is 10.0 Å². The molecule has 1 aromatic carbocycles. The zero-order valence-corrected chi connectivity index (χ0v) is 18.6. The lowest BCUT2D eigenvalue weighted by Gasteiger charge is -2.37. The highest BCUT2D eigenvalue weighted by molar-refractivity contribution is 7.91. The minimum absolute atomic E-state index is 0.146. The monoisotopic (exact) mass is 441 g/mol. The second kappa shape index (κ2) is 8.41. The van der Waals surface area contributed by atoms with Crippen LogP contribution < -0.4 is 4.90 Å². The van der Waals surface area contributed by atoms with Crippen LogP contribution in [0.15, 0.2) is 34.5 Å². The molecule has 1 saturated heterocycles. The lowest BCUT2D eigenvalue weighted by molar-refractivity contribution is -0.131. The molecule has 1 aliphatic rings. The summed E-state index contributed by atoms with van der Waals surface area (Å²) >= 11 is 6.83. The molecular formula is C19H24ClN3O3S2. The number of hydrogen-bond acceptors (Lipinski definition) is 5. The zero-order valence-electron chi connectivity index (χ0n) is 16.2. The first-order valence-electron chi connectivity index (χ1n) is 9.01. The summed E-state index contributed by atoms with van der Waals surface area (Å²) in [6.45, 7) is 6.63. The topological polar surface area (TPSA) is 60.9 Å². The molecule has 3 rings (SSSR count). The molecule has 0 radical (unpaired) electrons. The van der Waals surface area contributed by atoms with E-state index in [0.29, 0.717) is 17.4 Å². The number of hydrogen-bond donors (Lipinski definition) is 0. The molecular weight excluding hydrogens is 418 g/mol. The second-order valence-electron chi connectivity index (χ2n) is 6.91. The fraction of sp³-hybridized carbons (Fsp3) is 0.421. The smallest absolute Gasteiger partial charge is 0.252 e. The van der Waals surface area contributed by atoms with Gasteiger partial charge in [-0.3, -0.25) is 4.79 Å². The van der Waals surface area contributed by atoms with Crippen molar-refractivity contribution in [1.82, 2.24) is 9.21 Å². The van der Waals surface area contributed by atoms with E-state index in [1.54, 1.807) is 11.0 Å². The number of sulfonamides is 1. The molecule has 152 valence electrons. The Morgan fingerprint density at radius 2 is 1.82 bits per heavy atom. The van der Waals surface area contributed by atoms with Crippen molar-refractivity contribution in [3.05, 3.63) is 45.8 Å². The highest BCUT2D eigenvalue weighted by atomic mass is 35.5. The van der Waals surface area contributed by atoms with Crippen LogP contribution in [-0.4, -0.2) is 63.3 Å². The standard InChI is InChI=1S/C19H24ClN3O3S2/c1-14-5-4-6-16(15(14)2)22-9-11-23(12-10-22)18(24)13-21(3)28(25,26)19-8-7-17(20)27-19/h4-8H,9-13H2,1-3H3. The van der Waals surface area contributed by atoms with Gasteiger partial charge in [-0.2, -0.15) is 4.31 Å². The van der Waals surface area contributed by atoms with Gasteiger partial charge in [-0.15, -0.1) is 11.3 Å². The Labute approximate surface area is 175 Å². The third kappa shape index (κ3) is 4.35. The third-order valence-corrected chi connectivity index (χ3v) is 8.62. The van der Waals surface area contributed by atoms with Gasteiger partial charge >= 0.3 is 0 Å². The lowest BCUT2D eigenvalue weighted by atomic mass is 10.1. The summed E-state index contributed by atoms with van der Waals surface area (Å²) in [5.41, 5.74) is 3.69. The largest absolute Gasteiger partial charge is 0.368 e. The van der Waals surface area contributed by atoms with Crippen molar-refractivity contribution in [3.8, 4) is 0 Å². The molecule has 0 atom stereocenters. The fourth-order valence-electron chi connectivity index (χ4n) is 3.24. The molecule has 0 saturated carbocycles. The summed E-state index contributed by atoms with van der Waals surface area (Å²) < 4.78 is 26.8. The third-order valence-electron chi connectivity index (χ3n) is 5.12. The molecule has 1 aromatic heterocycles. The van der Waals surface area contributed by atoms with Crippen LogP contribution in [0.4, 0.5) is 5.69 Å². The number of rotatable bonds is 5. The van der Waals surface area contributed by atoms with Crippen LogP contribution in [0.1, 0.15) is 11.1 Å². The molecule has 1 amide bonds. The number of aryl methyl sites for hydroxylation is 1. The Kier molecular flexibility index (Phi) is 6.34. The summed E-state index contributed by atoms with van der Waals surface area (Å²) in [5.74, 6) is -0.186. The van der Waals surface area contributed by atoms with E-state index in [1.807, 2.05) is 6.07 Å². The van der Waals surface area contributed by atoms with Gasteiger partial charge in [0.25, 0.3) is 10.0 Å². The van der Waals surface area contributed by atoms with Crippen molar-refractivity contribution in [2.24, 2.45) is 0 Å². The van der Waals surface area contributed by atoms with Crippen LogP contribution in [0.3, 0.4) is 0 Å². The minimum Gasteiger partial charge on any atom is -0.368 e. The first kappa shape index (κ1) is 21.1. The van der Waals surface area contributed by atoms with E-state index in [0.717, 1.165) is 28.7 Å². The van der Waals surface area contributed by atoms with Gasteiger partial charge < -0.3 is 9.80 Å². The molecule has 2 aromatic rings. The van der Waals surface area contributed by atoms with Crippen LogP contribution in [0.2, 0.25) is 4.34 Å². The summed E-state index contributed by atoms with van der Waals surface area (Å²) in [5, 5.41) is 0. The van der Waals surface area contributed by atoms with Crippen molar-refractivity contribution in [1.29, 1.82) is 0 Å². The van der Waals surface area contributed by atoms with Crippen molar-refractivity contribution < 1.29 is 13.2 Å². The Hall–Kier alpha value is -1.61. The van der Waals surface area contributed by atoms with E-state index in [2.05, 4.69) is 30.9 Å². The van der Waals surface area contributed by atoms with Crippen LogP contribution in [0, 0.1) is 13.8 Å². The average Bonchev–Trinajstić information content (AvgIpc) is 3.11. The number of piperazine rings is 1. The van der Waals surface area contributed by atoms with Gasteiger partial charge in [0.1, 0.15) is 4.21 Å². The summed E-state index contributed by atoms with van der Waals surface area (Å²) in [6, 6.07) is 9.25. The molecule has 1 fully saturated rings. The summed E-state index contributed by atoms with van der Waals surface area (Å²) in [7, 11) is -2.28. The summed E-state index contributed by atoms with van der Waals surface area (Å²) in [4.78, 5) is 16.6.